The molecule has 4 rings (SSSR count). The highest BCUT2D eigenvalue weighted by molar-refractivity contribution is 7.99. The van der Waals surface area contributed by atoms with Crippen molar-refractivity contribution in [3.8, 4) is 6.07 Å². The van der Waals surface area contributed by atoms with Crippen LogP contribution in [0.5, 0.6) is 0 Å². The first-order chi connectivity index (χ1) is 15.0. The lowest BCUT2D eigenvalue weighted by Gasteiger charge is -2.15. The molecule has 0 aliphatic carbocycles. The van der Waals surface area contributed by atoms with E-state index in [4.69, 9.17) is 0 Å². The molecule has 0 atom stereocenters. The van der Waals surface area contributed by atoms with Gasteiger partial charge in [-0.15, -0.1) is 0 Å². The molecule has 0 aliphatic rings. The fourth-order valence-corrected chi connectivity index (χ4v) is 4.20. The van der Waals surface area contributed by atoms with Crippen LogP contribution in [0.15, 0.2) is 64.2 Å². The maximum atomic E-state index is 13.0. The van der Waals surface area contributed by atoms with Gasteiger partial charge in [0.05, 0.1) is 27.7 Å². The number of H-pyrrole nitrogens is 1. The Labute approximate surface area is 183 Å². The monoisotopic (exact) mass is 431 g/mol. The molecule has 0 bridgehead atoms. The summed E-state index contributed by atoms with van der Waals surface area (Å²) in [6.45, 7) is 4.57. The minimum atomic E-state index is -0.120. The lowest BCUT2D eigenvalue weighted by atomic mass is 10.2. The molecule has 31 heavy (non-hydrogen) atoms. The third-order valence-corrected chi connectivity index (χ3v) is 5.73. The van der Waals surface area contributed by atoms with Crippen molar-refractivity contribution in [3.63, 3.8) is 0 Å². The van der Waals surface area contributed by atoms with Gasteiger partial charge in [-0.05, 0) is 30.2 Å². The summed E-state index contributed by atoms with van der Waals surface area (Å²) in [6.07, 6.45) is 0. The van der Waals surface area contributed by atoms with Crippen LogP contribution in [0, 0.1) is 17.2 Å². The van der Waals surface area contributed by atoms with Crippen LogP contribution in [0.3, 0.4) is 0 Å². The second-order valence-electron chi connectivity index (χ2n) is 7.55. The number of allylic oxidation sites excluding steroid dienone is 1. The number of nitrogens with one attached hydrogen (secondary N) is 1. The predicted molar refractivity (Wildman–Crippen MR) is 123 cm³/mol. The van der Waals surface area contributed by atoms with Gasteiger partial charge in [0, 0.05) is 6.54 Å². The van der Waals surface area contributed by atoms with Crippen molar-refractivity contribution >= 4 is 39.3 Å². The number of nitriles is 1. The molecule has 0 aliphatic heterocycles. The highest BCUT2D eigenvalue weighted by atomic mass is 32.2. The fraction of sp³-hybridized carbons (Fsp3) is 0.217. The Morgan fingerprint density at radius 1 is 1.16 bits per heavy atom. The highest BCUT2D eigenvalue weighted by Gasteiger charge is 2.17. The first-order valence-electron chi connectivity index (χ1n) is 9.87. The lowest BCUT2D eigenvalue weighted by molar-refractivity contribution is 0.420. The van der Waals surface area contributed by atoms with E-state index in [0.29, 0.717) is 33.9 Å². The Bertz CT molecular complexity index is 1360. The SMILES string of the molecule is CC(C)Cn1c(SCC(O)=C(C#N)c2nc3ccccc3[nH]2)nc2ccccc2c1=O. The number of rotatable bonds is 6. The fourth-order valence-electron chi connectivity index (χ4n) is 3.31. The van der Waals surface area contributed by atoms with E-state index in [-0.39, 0.29) is 28.6 Å². The number of aliphatic hydroxyl groups excluding tert-OH is 1. The Kier molecular flexibility index (Phi) is 5.78. The van der Waals surface area contributed by atoms with Crippen molar-refractivity contribution in [2.75, 3.05) is 5.75 Å². The van der Waals surface area contributed by atoms with Gasteiger partial charge in [-0.25, -0.2) is 9.97 Å². The molecule has 0 fully saturated rings. The normalized spacial score (nSPS) is 12.3. The number of para-hydroxylation sites is 3. The highest BCUT2D eigenvalue weighted by Crippen LogP contribution is 2.24. The number of aliphatic hydroxyl groups is 1. The molecule has 0 unspecified atom stereocenters. The van der Waals surface area contributed by atoms with Gasteiger partial charge >= 0.3 is 0 Å². The van der Waals surface area contributed by atoms with Gasteiger partial charge in [-0.3, -0.25) is 9.36 Å². The number of hydrogen-bond acceptors (Lipinski definition) is 6. The summed E-state index contributed by atoms with van der Waals surface area (Å²) in [5, 5.41) is 21.4. The molecule has 2 N–H and O–H groups in total. The van der Waals surface area contributed by atoms with Gasteiger partial charge in [0.1, 0.15) is 17.4 Å². The van der Waals surface area contributed by atoms with E-state index in [1.165, 1.54) is 11.8 Å². The van der Waals surface area contributed by atoms with Crippen molar-refractivity contribution in [2.45, 2.75) is 25.5 Å². The lowest BCUT2D eigenvalue weighted by Crippen LogP contribution is -2.25. The topological polar surface area (TPSA) is 108 Å². The van der Waals surface area contributed by atoms with Crippen LogP contribution < -0.4 is 5.56 Å². The maximum absolute atomic E-state index is 13.0. The van der Waals surface area contributed by atoms with E-state index in [9.17, 15) is 15.2 Å². The standard InChI is InChI=1S/C23H21N5O2S/c1-14(2)12-28-22(30)15-7-3-4-8-17(15)27-23(28)31-13-20(29)16(11-24)21-25-18-9-5-6-10-19(18)26-21/h3-10,14,29H,12-13H2,1-2H3,(H,25,26). The number of imidazole rings is 1. The van der Waals surface area contributed by atoms with Gasteiger partial charge in [-0.1, -0.05) is 49.9 Å². The van der Waals surface area contributed by atoms with E-state index in [1.807, 2.05) is 56.3 Å². The van der Waals surface area contributed by atoms with Crippen LogP contribution >= 0.6 is 11.8 Å². The average Bonchev–Trinajstić information content (AvgIpc) is 3.18. The summed E-state index contributed by atoms with van der Waals surface area (Å²) in [5.74, 6) is 0.523. The zero-order valence-electron chi connectivity index (χ0n) is 17.2. The van der Waals surface area contributed by atoms with E-state index in [1.54, 1.807) is 16.7 Å². The molecule has 2 heterocycles. The molecule has 2 aromatic carbocycles. The van der Waals surface area contributed by atoms with E-state index in [0.717, 1.165) is 5.52 Å². The number of fused-ring (bicyclic) bond motifs is 2. The zero-order chi connectivity index (χ0) is 22.0. The Balaban J connectivity index is 1.70. The number of nitrogens with zero attached hydrogens (tertiary/aromatic N) is 4. The first kappa shape index (κ1) is 20.7. The summed E-state index contributed by atoms with van der Waals surface area (Å²) in [5.41, 5.74) is 2.07. The Morgan fingerprint density at radius 3 is 2.58 bits per heavy atom. The minimum Gasteiger partial charge on any atom is -0.510 e. The molecule has 0 saturated carbocycles. The van der Waals surface area contributed by atoms with E-state index in [2.05, 4.69) is 15.0 Å². The van der Waals surface area contributed by atoms with Crippen LogP contribution in [0.1, 0.15) is 19.7 Å². The molecule has 8 heteroatoms. The van der Waals surface area contributed by atoms with Crippen LogP contribution in [-0.2, 0) is 6.54 Å². The van der Waals surface area contributed by atoms with E-state index < -0.39 is 0 Å². The number of aromatic nitrogens is 4. The van der Waals surface area contributed by atoms with Crippen molar-refractivity contribution in [3.05, 3.63) is 70.5 Å². The molecule has 0 saturated heterocycles. The third kappa shape index (κ3) is 4.18. The largest absolute Gasteiger partial charge is 0.510 e. The molecule has 0 spiro atoms. The molecule has 0 amide bonds. The van der Waals surface area contributed by atoms with E-state index >= 15 is 0 Å². The zero-order valence-corrected chi connectivity index (χ0v) is 18.0. The van der Waals surface area contributed by atoms with Gasteiger partial charge in [0.25, 0.3) is 5.56 Å². The number of aromatic amines is 1. The second kappa shape index (κ2) is 8.66. The maximum Gasteiger partial charge on any atom is 0.262 e. The summed E-state index contributed by atoms with van der Waals surface area (Å²) >= 11 is 1.22. The second-order valence-corrected chi connectivity index (χ2v) is 8.49. The van der Waals surface area contributed by atoms with Crippen LogP contribution in [0.2, 0.25) is 0 Å². The quantitative estimate of drug-likeness (QED) is 0.201. The summed E-state index contributed by atoms with van der Waals surface area (Å²) in [6, 6.07) is 16.7. The molecular weight excluding hydrogens is 410 g/mol. The molecular formula is C23H21N5O2S. The Hall–Kier alpha value is -3.57. The van der Waals surface area contributed by atoms with Crippen LogP contribution in [0.25, 0.3) is 27.5 Å². The number of thioether (sulfide) groups is 1. The van der Waals surface area contributed by atoms with Crippen molar-refractivity contribution in [1.82, 2.24) is 19.5 Å². The van der Waals surface area contributed by atoms with Gasteiger partial charge < -0.3 is 10.1 Å². The smallest absolute Gasteiger partial charge is 0.262 e. The first-order valence-corrected chi connectivity index (χ1v) is 10.9. The average molecular weight is 432 g/mol. The van der Waals surface area contributed by atoms with Crippen molar-refractivity contribution in [2.24, 2.45) is 5.92 Å². The molecule has 0 radical (unpaired) electrons. The third-order valence-electron chi connectivity index (χ3n) is 4.74. The summed E-state index contributed by atoms with van der Waals surface area (Å²) < 4.78 is 1.64. The Morgan fingerprint density at radius 2 is 1.87 bits per heavy atom. The van der Waals surface area contributed by atoms with Crippen LogP contribution in [-0.4, -0.2) is 30.4 Å². The van der Waals surface area contributed by atoms with Crippen LogP contribution in [0.4, 0.5) is 0 Å². The molecule has 2 aromatic heterocycles. The number of hydrogen-bond donors (Lipinski definition) is 2. The molecule has 156 valence electrons. The van der Waals surface area contributed by atoms with Gasteiger partial charge in [-0.2, -0.15) is 5.26 Å². The summed E-state index contributed by atoms with van der Waals surface area (Å²) in [7, 11) is 0. The van der Waals surface area contributed by atoms with Crippen molar-refractivity contribution < 1.29 is 5.11 Å². The predicted octanol–water partition coefficient (Wildman–Crippen LogP) is 4.51. The molecule has 4 aromatic rings. The minimum absolute atomic E-state index is 0.0715. The van der Waals surface area contributed by atoms with Gasteiger partial charge in [0.15, 0.2) is 11.0 Å². The summed E-state index contributed by atoms with van der Waals surface area (Å²) in [4.78, 5) is 25.1. The number of benzene rings is 2. The van der Waals surface area contributed by atoms with Gasteiger partial charge in [0.2, 0.25) is 0 Å². The van der Waals surface area contributed by atoms with Crippen molar-refractivity contribution in [1.29, 1.82) is 5.26 Å². The molecule has 7 nitrogen and oxygen atoms in total.